The Labute approximate surface area is 194 Å². The molecule has 1 saturated heterocycles. The molecule has 0 N–H and O–H groups in total. The third-order valence-electron chi connectivity index (χ3n) is 5.82. The Kier molecular flexibility index (Phi) is 6.97. The molecule has 0 spiro atoms. The van der Waals surface area contributed by atoms with Crippen LogP contribution in [0.2, 0.25) is 0 Å². The third-order valence-corrected chi connectivity index (χ3v) is 5.82. The van der Waals surface area contributed by atoms with Gasteiger partial charge in [-0.15, -0.1) is 0 Å². The fourth-order valence-corrected chi connectivity index (χ4v) is 3.86. The van der Waals surface area contributed by atoms with Gasteiger partial charge in [0.15, 0.2) is 0 Å². The molecule has 0 aliphatic carbocycles. The van der Waals surface area contributed by atoms with Gasteiger partial charge in [0.2, 0.25) is 11.7 Å². The molecule has 4 rings (SSSR count). The zero-order valence-corrected chi connectivity index (χ0v) is 18.6. The van der Waals surface area contributed by atoms with Crippen molar-refractivity contribution in [3.8, 4) is 11.4 Å². The summed E-state index contributed by atoms with van der Waals surface area (Å²) >= 11 is 0. The second-order valence-electron chi connectivity index (χ2n) is 8.31. The molecular formula is C24H24F4N4O2. The van der Waals surface area contributed by atoms with Crippen LogP contribution < -0.4 is 0 Å². The summed E-state index contributed by atoms with van der Waals surface area (Å²) in [4.78, 5) is 20.7. The van der Waals surface area contributed by atoms with Gasteiger partial charge in [-0.2, -0.15) is 18.2 Å². The minimum absolute atomic E-state index is 0.164. The molecule has 3 aromatic rings. The molecule has 0 unspecified atom stereocenters. The Morgan fingerprint density at radius 1 is 1.06 bits per heavy atom. The maximum atomic E-state index is 13.5. The highest BCUT2D eigenvalue weighted by atomic mass is 19.4. The van der Waals surface area contributed by atoms with Gasteiger partial charge >= 0.3 is 6.18 Å². The molecule has 1 aliphatic heterocycles. The summed E-state index contributed by atoms with van der Waals surface area (Å²) < 4.78 is 57.7. The van der Waals surface area contributed by atoms with Crippen LogP contribution in [0.5, 0.6) is 0 Å². The molecule has 0 bridgehead atoms. The minimum atomic E-state index is -4.85. The fourth-order valence-electron chi connectivity index (χ4n) is 3.86. The molecule has 2 heterocycles. The van der Waals surface area contributed by atoms with E-state index in [0.29, 0.717) is 56.4 Å². The van der Waals surface area contributed by atoms with Gasteiger partial charge in [-0.3, -0.25) is 9.69 Å². The van der Waals surface area contributed by atoms with E-state index in [1.807, 2.05) is 31.2 Å². The summed E-state index contributed by atoms with van der Waals surface area (Å²) in [5, 5.41) is 4.03. The summed E-state index contributed by atoms with van der Waals surface area (Å²) in [6.45, 7) is 4.73. The van der Waals surface area contributed by atoms with E-state index in [-0.39, 0.29) is 5.56 Å². The van der Waals surface area contributed by atoms with Crippen LogP contribution in [0.3, 0.4) is 0 Å². The Morgan fingerprint density at radius 2 is 1.76 bits per heavy atom. The highest BCUT2D eigenvalue weighted by molar-refractivity contribution is 5.94. The first-order valence-corrected chi connectivity index (χ1v) is 11.0. The smallest absolute Gasteiger partial charge is 0.339 e. The summed E-state index contributed by atoms with van der Waals surface area (Å²) in [5.74, 6) is -0.807. The predicted octanol–water partition coefficient (Wildman–Crippen LogP) is 4.59. The van der Waals surface area contributed by atoms with E-state index in [1.54, 1.807) is 0 Å². The van der Waals surface area contributed by atoms with Crippen LogP contribution in [0, 0.1) is 12.7 Å². The van der Waals surface area contributed by atoms with Crippen LogP contribution >= 0.6 is 0 Å². The van der Waals surface area contributed by atoms with Crippen molar-refractivity contribution in [3.05, 3.63) is 70.9 Å². The van der Waals surface area contributed by atoms with Crippen molar-refractivity contribution in [2.75, 3.05) is 32.7 Å². The van der Waals surface area contributed by atoms with Gasteiger partial charge in [-0.05, 0) is 38.1 Å². The van der Waals surface area contributed by atoms with Crippen molar-refractivity contribution >= 4 is 5.91 Å². The van der Waals surface area contributed by atoms with Crippen LogP contribution in [-0.4, -0.2) is 58.6 Å². The van der Waals surface area contributed by atoms with Gasteiger partial charge in [0.1, 0.15) is 5.82 Å². The lowest BCUT2D eigenvalue weighted by Crippen LogP contribution is -2.48. The van der Waals surface area contributed by atoms with E-state index in [9.17, 15) is 22.4 Å². The van der Waals surface area contributed by atoms with Crippen molar-refractivity contribution in [1.29, 1.82) is 0 Å². The van der Waals surface area contributed by atoms with E-state index in [0.717, 1.165) is 30.2 Å². The van der Waals surface area contributed by atoms with Crippen molar-refractivity contribution in [2.24, 2.45) is 0 Å². The lowest BCUT2D eigenvalue weighted by atomic mass is 10.1. The monoisotopic (exact) mass is 476 g/mol. The van der Waals surface area contributed by atoms with Crippen molar-refractivity contribution in [1.82, 2.24) is 19.9 Å². The molecule has 6 nitrogen and oxygen atoms in total. The van der Waals surface area contributed by atoms with Gasteiger partial charge in [0.25, 0.3) is 5.91 Å². The number of hydrogen-bond acceptors (Lipinski definition) is 5. The molecule has 10 heteroatoms. The first-order chi connectivity index (χ1) is 16.2. The maximum Gasteiger partial charge on any atom is 0.419 e. The SMILES string of the molecule is Cc1ccc(-c2noc(CCCN3CCN(C(=O)c4ccc(F)c(C(F)(F)F)c4)CC3)n2)cc1. The Hall–Kier alpha value is -3.27. The molecular weight excluding hydrogens is 452 g/mol. The second kappa shape index (κ2) is 9.92. The first-order valence-electron chi connectivity index (χ1n) is 11.0. The Balaban J connectivity index is 1.25. The Bertz CT molecular complexity index is 1140. The van der Waals surface area contributed by atoms with E-state index >= 15 is 0 Å². The van der Waals surface area contributed by atoms with Crippen LogP contribution in [0.1, 0.15) is 33.8 Å². The highest BCUT2D eigenvalue weighted by Gasteiger charge is 2.35. The molecule has 0 radical (unpaired) electrons. The number of nitrogens with zero attached hydrogens (tertiary/aromatic N) is 4. The van der Waals surface area contributed by atoms with Crippen LogP contribution in [0.25, 0.3) is 11.4 Å². The molecule has 34 heavy (non-hydrogen) atoms. The molecule has 1 amide bonds. The van der Waals surface area contributed by atoms with Gasteiger partial charge in [0, 0.05) is 43.7 Å². The topological polar surface area (TPSA) is 62.5 Å². The number of rotatable bonds is 6. The number of carbonyl (C=O) groups excluding carboxylic acids is 1. The standard InChI is InChI=1S/C24H24F4N4O2/c1-16-4-6-17(7-5-16)22-29-21(34-30-22)3-2-10-31-11-13-32(14-12-31)23(33)18-8-9-20(25)19(15-18)24(26,27)28/h4-9,15H,2-3,10-14H2,1H3. The normalized spacial score (nSPS) is 15.0. The highest BCUT2D eigenvalue weighted by Crippen LogP contribution is 2.32. The van der Waals surface area contributed by atoms with Crippen molar-refractivity contribution in [3.63, 3.8) is 0 Å². The van der Waals surface area contributed by atoms with Crippen molar-refractivity contribution in [2.45, 2.75) is 25.9 Å². The van der Waals surface area contributed by atoms with Gasteiger partial charge < -0.3 is 9.42 Å². The minimum Gasteiger partial charge on any atom is -0.339 e. The summed E-state index contributed by atoms with van der Waals surface area (Å²) in [5.41, 5.74) is 0.453. The van der Waals surface area contributed by atoms with Crippen LogP contribution in [0.15, 0.2) is 47.0 Å². The van der Waals surface area contributed by atoms with Gasteiger partial charge in [-0.1, -0.05) is 35.0 Å². The third kappa shape index (κ3) is 5.61. The molecule has 0 saturated carbocycles. The molecule has 1 aliphatic rings. The number of piperazine rings is 1. The average Bonchev–Trinajstić information content (AvgIpc) is 3.28. The number of benzene rings is 2. The molecule has 0 atom stereocenters. The number of alkyl halides is 3. The largest absolute Gasteiger partial charge is 0.419 e. The number of aryl methyl sites for hydroxylation is 2. The fraction of sp³-hybridized carbons (Fsp3) is 0.375. The van der Waals surface area contributed by atoms with Crippen LogP contribution in [-0.2, 0) is 12.6 Å². The number of halogens is 4. The van der Waals surface area contributed by atoms with Gasteiger partial charge in [0.05, 0.1) is 5.56 Å². The van der Waals surface area contributed by atoms with Crippen molar-refractivity contribution < 1.29 is 26.9 Å². The lowest BCUT2D eigenvalue weighted by molar-refractivity contribution is -0.140. The molecule has 1 aromatic heterocycles. The van der Waals surface area contributed by atoms with E-state index in [4.69, 9.17) is 4.52 Å². The summed E-state index contributed by atoms with van der Waals surface area (Å²) in [6, 6.07) is 10.2. The maximum absolute atomic E-state index is 13.5. The number of aromatic nitrogens is 2. The molecule has 180 valence electrons. The van der Waals surface area contributed by atoms with Crippen LogP contribution in [0.4, 0.5) is 17.6 Å². The molecule has 1 fully saturated rings. The zero-order chi connectivity index (χ0) is 24.3. The molecule has 2 aromatic carbocycles. The number of hydrogen-bond donors (Lipinski definition) is 0. The lowest BCUT2D eigenvalue weighted by Gasteiger charge is -2.34. The second-order valence-corrected chi connectivity index (χ2v) is 8.31. The summed E-state index contributed by atoms with van der Waals surface area (Å²) in [7, 11) is 0. The van der Waals surface area contributed by atoms with Gasteiger partial charge in [-0.25, -0.2) is 4.39 Å². The van der Waals surface area contributed by atoms with E-state index in [2.05, 4.69) is 15.0 Å². The first kappa shape index (κ1) is 23.9. The van der Waals surface area contributed by atoms with E-state index < -0.39 is 23.5 Å². The number of amides is 1. The zero-order valence-electron chi connectivity index (χ0n) is 18.6. The average molecular weight is 476 g/mol. The quantitative estimate of drug-likeness (QED) is 0.487. The predicted molar refractivity (Wildman–Crippen MR) is 117 cm³/mol. The summed E-state index contributed by atoms with van der Waals surface area (Å²) in [6.07, 6.45) is -3.44. The number of carbonyl (C=O) groups is 1. The van der Waals surface area contributed by atoms with E-state index in [1.165, 1.54) is 4.90 Å². The Morgan fingerprint density at radius 3 is 2.44 bits per heavy atom.